The molecule has 2 aliphatic heterocycles. The van der Waals surface area contributed by atoms with Gasteiger partial charge in [0.05, 0.1) is 34.1 Å². The Labute approximate surface area is 259 Å². The predicted octanol–water partition coefficient (Wildman–Crippen LogP) is 7.24. The molecular formula is C32H30Cl2F2N6O. The molecule has 1 aromatic heterocycles. The summed E-state index contributed by atoms with van der Waals surface area (Å²) in [5.41, 5.74) is 3.25. The second-order valence-corrected chi connectivity index (χ2v) is 11.3. The van der Waals surface area contributed by atoms with Gasteiger partial charge in [-0.05, 0) is 63.0 Å². The van der Waals surface area contributed by atoms with Crippen molar-refractivity contribution in [3.05, 3.63) is 105 Å². The summed E-state index contributed by atoms with van der Waals surface area (Å²) in [4.78, 5) is 30.8. The Bertz CT molecular complexity index is 1730. The second-order valence-electron chi connectivity index (χ2n) is 10.5. The zero-order valence-electron chi connectivity index (χ0n) is 22.8. The molecule has 0 spiro atoms. The van der Waals surface area contributed by atoms with Crippen LogP contribution in [0.3, 0.4) is 0 Å². The summed E-state index contributed by atoms with van der Waals surface area (Å²) in [5.74, 6) is -1.27. The van der Waals surface area contributed by atoms with E-state index >= 15 is 0 Å². The molecule has 0 aliphatic carbocycles. The molecule has 3 aromatic carbocycles. The number of halogens is 4. The van der Waals surface area contributed by atoms with Crippen molar-refractivity contribution in [2.75, 3.05) is 32.5 Å². The normalized spacial score (nSPS) is 15.7. The molecular weight excluding hydrogens is 593 g/mol. The van der Waals surface area contributed by atoms with Gasteiger partial charge in [-0.2, -0.15) is 0 Å². The van der Waals surface area contributed by atoms with E-state index in [1.165, 1.54) is 18.2 Å². The Balaban J connectivity index is 0.00000368. The number of hydrogen-bond acceptors (Lipinski definition) is 6. The van der Waals surface area contributed by atoms with Gasteiger partial charge in [-0.15, -0.1) is 0 Å². The van der Waals surface area contributed by atoms with E-state index in [9.17, 15) is 13.6 Å². The smallest absolute Gasteiger partial charge is 0.255 e. The standard InChI is InChI=1S/C31H26Cl2F2N6O.CH4/c1-40(2)20-10-11-41(16-20)30(42)22-9-7-19(13-24(22)33)38-31-37-15-17-14-36-29(27-25(34)4-3-5-26(27)35)23-12-18(32)6-8-21(23)28(17)39-31;/h3-9,12-13,15,20H,10-11,14,16H2,1-2H3,(H,37,38,39);1H4. The second kappa shape index (κ2) is 12.4. The highest BCUT2D eigenvalue weighted by molar-refractivity contribution is 6.34. The Hall–Kier alpha value is -3.92. The van der Waals surface area contributed by atoms with Crippen LogP contribution in [0.15, 0.2) is 65.8 Å². The molecule has 0 radical (unpaired) electrons. The fraction of sp³-hybridized carbons (Fsp3) is 0.250. The number of hydrogen-bond donors (Lipinski definition) is 1. The number of aromatic nitrogens is 2. The van der Waals surface area contributed by atoms with Crippen LogP contribution in [0.4, 0.5) is 20.4 Å². The van der Waals surface area contributed by atoms with Crippen molar-refractivity contribution in [3.8, 4) is 11.3 Å². The van der Waals surface area contributed by atoms with Crippen LogP contribution in [0, 0.1) is 11.6 Å². The monoisotopic (exact) mass is 622 g/mol. The molecule has 2 aliphatic rings. The minimum absolute atomic E-state index is 0. The number of nitrogens with one attached hydrogen (secondary N) is 1. The fourth-order valence-electron chi connectivity index (χ4n) is 5.34. The SMILES string of the molecule is C.CN(C)C1CCN(C(=O)c2ccc(Nc3ncc4c(n3)-c3ccc(Cl)cc3C(c3c(F)cccc3F)=NC4)cc2Cl)C1. The molecule has 4 aromatic rings. The van der Waals surface area contributed by atoms with Crippen LogP contribution in [-0.2, 0) is 6.54 Å². The van der Waals surface area contributed by atoms with Crippen molar-refractivity contribution >= 4 is 46.5 Å². The van der Waals surface area contributed by atoms with Gasteiger partial charge in [0.25, 0.3) is 5.91 Å². The van der Waals surface area contributed by atoms with E-state index in [0.717, 1.165) is 6.42 Å². The summed E-state index contributed by atoms with van der Waals surface area (Å²) in [6.45, 7) is 1.45. The topological polar surface area (TPSA) is 73.7 Å². The lowest BCUT2D eigenvalue weighted by atomic mass is 9.95. The zero-order valence-corrected chi connectivity index (χ0v) is 24.3. The first kappa shape index (κ1) is 30.5. The summed E-state index contributed by atoms with van der Waals surface area (Å²) in [6, 6.07) is 14.2. The molecule has 43 heavy (non-hydrogen) atoms. The first-order chi connectivity index (χ1) is 20.2. The van der Waals surface area contributed by atoms with Crippen molar-refractivity contribution in [2.45, 2.75) is 26.4 Å². The van der Waals surface area contributed by atoms with Gasteiger partial charge < -0.3 is 15.1 Å². The number of carbonyl (C=O) groups excluding carboxylic acids is 1. The predicted molar refractivity (Wildman–Crippen MR) is 168 cm³/mol. The average molecular weight is 624 g/mol. The highest BCUT2D eigenvalue weighted by Crippen LogP contribution is 2.35. The molecule has 1 fully saturated rings. The van der Waals surface area contributed by atoms with Crippen molar-refractivity contribution in [1.82, 2.24) is 19.8 Å². The number of aliphatic imine (C=N–C) groups is 1. The van der Waals surface area contributed by atoms with Crippen molar-refractivity contribution in [1.29, 1.82) is 0 Å². The van der Waals surface area contributed by atoms with Crippen molar-refractivity contribution < 1.29 is 13.6 Å². The van der Waals surface area contributed by atoms with Crippen LogP contribution < -0.4 is 5.32 Å². The molecule has 1 unspecified atom stereocenters. The zero-order chi connectivity index (χ0) is 29.5. The van der Waals surface area contributed by atoms with Gasteiger partial charge in [0.1, 0.15) is 11.6 Å². The number of rotatable bonds is 5. The average Bonchev–Trinajstić information content (AvgIpc) is 3.40. The summed E-state index contributed by atoms with van der Waals surface area (Å²) in [5, 5.41) is 3.87. The number of fused-ring (bicyclic) bond motifs is 3. The molecule has 222 valence electrons. The van der Waals surface area contributed by atoms with E-state index < -0.39 is 11.6 Å². The van der Waals surface area contributed by atoms with E-state index in [-0.39, 0.29) is 37.1 Å². The van der Waals surface area contributed by atoms with Crippen LogP contribution in [-0.4, -0.2) is 64.6 Å². The molecule has 1 saturated heterocycles. The van der Waals surface area contributed by atoms with Crippen molar-refractivity contribution in [3.63, 3.8) is 0 Å². The van der Waals surface area contributed by atoms with Gasteiger partial charge in [-0.3, -0.25) is 9.79 Å². The molecule has 11 heteroatoms. The largest absolute Gasteiger partial charge is 0.337 e. The van der Waals surface area contributed by atoms with E-state index in [0.29, 0.717) is 62.8 Å². The maximum absolute atomic E-state index is 14.8. The first-order valence-corrected chi connectivity index (χ1v) is 14.1. The van der Waals surface area contributed by atoms with Crippen LogP contribution >= 0.6 is 23.2 Å². The number of nitrogens with zero attached hydrogens (tertiary/aromatic N) is 5. The van der Waals surface area contributed by atoms with E-state index in [2.05, 4.69) is 20.2 Å². The summed E-state index contributed by atoms with van der Waals surface area (Å²) < 4.78 is 29.6. The number of carbonyl (C=O) groups is 1. The number of benzene rings is 3. The lowest BCUT2D eigenvalue weighted by Gasteiger charge is -2.21. The van der Waals surface area contributed by atoms with Crippen LogP contribution in [0.5, 0.6) is 0 Å². The van der Waals surface area contributed by atoms with E-state index in [4.69, 9.17) is 28.2 Å². The Morgan fingerprint density at radius 2 is 1.81 bits per heavy atom. The summed E-state index contributed by atoms with van der Waals surface area (Å²) in [7, 11) is 4.03. The molecule has 0 saturated carbocycles. The van der Waals surface area contributed by atoms with E-state index in [1.54, 1.807) is 42.6 Å². The molecule has 0 bridgehead atoms. The molecule has 7 nitrogen and oxygen atoms in total. The number of likely N-dealkylation sites (N-methyl/N-ethyl adjacent to an activating group) is 1. The number of likely N-dealkylation sites (tertiary alicyclic amines) is 1. The van der Waals surface area contributed by atoms with Crippen LogP contribution in [0.2, 0.25) is 10.0 Å². The van der Waals surface area contributed by atoms with E-state index in [1.807, 2.05) is 19.0 Å². The number of anilines is 2. The van der Waals surface area contributed by atoms with Crippen LogP contribution in [0.1, 0.15) is 40.9 Å². The van der Waals surface area contributed by atoms with Gasteiger partial charge in [-0.25, -0.2) is 18.7 Å². The Kier molecular flexibility index (Phi) is 8.78. The third-order valence-corrected chi connectivity index (χ3v) is 8.15. The quantitative estimate of drug-likeness (QED) is 0.254. The third-order valence-electron chi connectivity index (χ3n) is 7.60. The van der Waals surface area contributed by atoms with Gasteiger partial charge in [0.15, 0.2) is 0 Å². The molecule has 1 atom stereocenters. The highest BCUT2D eigenvalue weighted by Gasteiger charge is 2.29. The lowest BCUT2D eigenvalue weighted by Crippen LogP contribution is -2.34. The van der Waals surface area contributed by atoms with Gasteiger partial charge in [-0.1, -0.05) is 42.8 Å². The number of amides is 1. The molecule has 1 N–H and O–H groups in total. The maximum Gasteiger partial charge on any atom is 0.255 e. The Morgan fingerprint density at radius 3 is 2.51 bits per heavy atom. The minimum atomic E-state index is -0.722. The van der Waals surface area contributed by atoms with Gasteiger partial charge >= 0.3 is 0 Å². The lowest BCUT2D eigenvalue weighted by molar-refractivity contribution is 0.0783. The summed E-state index contributed by atoms with van der Waals surface area (Å²) in [6.07, 6.45) is 2.55. The van der Waals surface area contributed by atoms with Crippen LogP contribution in [0.25, 0.3) is 11.3 Å². The Morgan fingerprint density at radius 1 is 1.05 bits per heavy atom. The molecule has 1 amide bonds. The first-order valence-electron chi connectivity index (χ1n) is 13.4. The minimum Gasteiger partial charge on any atom is -0.337 e. The third kappa shape index (κ3) is 5.98. The summed E-state index contributed by atoms with van der Waals surface area (Å²) >= 11 is 12.9. The maximum atomic E-state index is 14.8. The van der Waals surface area contributed by atoms with Gasteiger partial charge in [0, 0.05) is 52.7 Å². The van der Waals surface area contributed by atoms with Gasteiger partial charge in [0.2, 0.25) is 5.95 Å². The van der Waals surface area contributed by atoms with Crippen molar-refractivity contribution in [2.24, 2.45) is 4.99 Å². The fourth-order valence-corrected chi connectivity index (χ4v) is 5.77. The molecule has 3 heterocycles. The highest BCUT2D eigenvalue weighted by atomic mass is 35.5. The molecule has 6 rings (SSSR count).